The van der Waals surface area contributed by atoms with Crippen LogP contribution in [0.1, 0.15) is 12.8 Å². The second-order valence-electron chi connectivity index (χ2n) is 5.33. The van der Waals surface area contributed by atoms with Crippen LogP contribution in [0.5, 0.6) is 0 Å². The van der Waals surface area contributed by atoms with Crippen molar-refractivity contribution in [2.24, 2.45) is 10.9 Å². The molecule has 1 aromatic carbocycles. The van der Waals surface area contributed by atoms with E-state index in [0.717, 1.165) is 45.1 Å². The lowest BCUT2D eigenvalue weighted by atomic mass is 10.1. The molecule has 19 heavy (non-hydrogen) atoms. The lowest BCUT2D eigenvalue weighted by Crippen LogP contribution is -2.43. The van der Waals surface area contributed by atoms with E-state index in [4.69, 9.17) is 0 Å². The van der Waals surface area contributed by atoms with Gasteiger partial charge in [-0.1, -0.05) is 18.2 Å². The highest BCUT2D eigenvalue weighted by Crippen LogP contribution is 2.22. The molecule has 1 fully saturated rings. The standard InChI is InChI=1S/C15H22N4/c1-2-5-14(6-3-1)19-10-7-13(12-19)11-18-15-16-8-4-9-17-15/h1-3,5-6,13H,4,7-12H2,(H2,16,17,18). The zero-order valence-electron chi connectivity index (χ0n) is 11.3. The van der Waals surface area contributed by atoms with Gasteiger partial charge in [-0.05, 0) is 30.9 Å². The van der Waals surface area contributed by atoms with Crippen molar-refractivity contribution in [3.8, 4) is 0 Å². The average Bonchev–Trinajstić information content (AvgIpc) is 2.96. The molecule has 2 heterocycles. The molecule has 0 saturated carbocycles. The zero-order valence-corrected chi connectivity index (χ0v) is 11.3. The number of para-hydroxylation sites is 1. The first-order chi connectivity index (χ1) is 9.42. The number of guanidine groups is 1. The van der Waals surface area contributed by atoms with Crippen molar-refractivity contribution in [2.75, 3.05) is 37.6 Å². The molecule has 0 bridgehead atoms. The summed E-state index contributed by atoms with van der Waals surface area (Å²) in [7, 11) is 0. The quantitative estimate of drug-likeness (QED) is 0.862. The molecule has 4 nitrogen and oxygen atoms in total. The maximum absolute atomic E-state index is 4.45. The third-order valence-electron chi connectivity index (χ3n) is 3.86. The van der Waals surface area contributed by atoms with Crippen molar-refractivity contribution in [3.63, 3.8) is 0 Å². The first-order valence-corrected chi connectivity index (χ1v) is 7.24. The van der Waals surface area contributed by atoms with Crippen molar-refractivity contribution < 1.29 is 0 Å². The van der Waals surface area contributed by atoms with E-state index in [1.165, 1.54) is 12.1 Å². The second-order valence-corrected chi connectivity index (χ2v) is 5.33. The van der Waals surface area contributed by atoms with Crippen LogP contribution >= 0.6 is 0 Å². The van der Waals surface area contributed by atoms with E-state index in [0.29, 0.717) is 5.92 Å². The molecule has 0 amide bonds. The number of hydrogen-bond donors (Lipinski definition) is 2. The fourth-order valence-electron chi connectivity index (χ4n) is 2.76. The molecule has 1 atom stereocenters. The average molecular weight is 258 g/mol. The molecule has 1 aromatic rings. The summed E-state index contributed by atoms with van der Waals surface area (Å²) in [4.78, 5) is 6.92. The Morgan fingerprint density at radius 2 is 2.21 bits per heavy atom. The predicted octanol–water partition coefficient (Wildman–Crippen LogP) is 1.45. The summed E-state index contributed by atoms with van der Waals surface area (Å²) in [5.41, 5.74) is 1.35. The Balaban J connectivity index is 1.48. The number of rotatable bonds is 3. The van der Waals surface area contributed by atoms with Gasteiger partial charge in [0.05, 0.1) is 0 Å². The number of hydrogen-bond acceptors (Lipinski definition) is 4. The van der Waals surface area contributed by atoms with E-state index in [-0.39, 0.29) is 0 Å². The molecule has 0 radical (unpaired) electrons. The van der Waals surface area contributed by atoms with E-state index in [9.17, 15) is 0 Å². The molecule has 2 aliphatic rings. The summed E-state index contributed by atoms with van der Waals surface area (Å²) in [5, 5.41) is 6.76. The van der Waals surface area contributed by atoms with E-state index in [1.807, 2.05) is 0 Å². The highest BCUT2D eigenvalue weighted by Gasteiger charge is 2.22. The Hall–Kier alpha value is -1.71. The molecule has 3 rings (SSSR count). The molecule has 4 heteroatoms. The van der Waals surface area contributed by atoms with Crippen LogP contribution in [0, 0.1) is 5.92 Å². The van der Waals surface area contributed by atoms with E-state index in [2.05, 4.69) is 50.9 Å². The van der Waals surface area contributed by atoms with Crippen LogP contribution in [-0.4, -0.2) is 38.7 Å². The third-order valence-corrected chi connectivity index (χ3v) is 3.86. The topological polar surface area (TPSA) is 39.7 Å². The van der Waals surface area contributed by atoms with Crippen molar-refractivity contribution in [3.05, 3.63) is 30.3 Å². The van der Waals surface area contributed by atoms with E-state index < -0.39 is 0 Å². The van der Waals surface area contributed by atoms with Gasteiger partial charge < -0.3 is 15.5 Å². The highest BCUT2D eigenvalue weighted by atomic mass is 15.2. The monoisotopic (exact) mass is 258 g/mol. The van der Waals surface area contributed by atoms with Crippen molar-refractivity contribution in [1.82, 2.24) is 10.6 Å². The van der Waals surface area contributed by atoms with Gasteiger partial charge in [-0.15, -0.1) is 0 Å². The molecule has 2 N–H and O–H groups in total. The number of aliphatic imine (C=N–C) groups is 1. The fraction of sp³-hybridized carbons (Fsp3) is 0.533. The Labute approximate surface area is 114 Å². The second kappa shape index (κ2) is 5.95. The first kappa shape index (κ1) is 12.3. The Kier molecular flexibility index (Phi) is 3.86. The minimum Gasteiger partial charge on any atom is -0.371 e. The summed E-state index contributed by atoms with van der Waals surface area (Å²) in [6, 6.07) is 10.7. The van der Waals surface area contributed by atoms with Crippen LogP contribution in [0.4, 0.5) is 5.69 Å². The molecule has 2 aliphatic heterocycles. The Morgan fingerprint density at radius 1 is 1.32 bits per heavy atom. The zero-order chi connectivity index (χ0) is 12.9. The molecular weight excluding hydrogens is 236 g/mol. The maximum Gasteiger partial charge on any atom is 0.191 e. The van der Waals surface area contributed by atoms with Gasteiger partial charge in [0.2, 0.25) is 0 Å². The first-order valence-electron chi connectivity index (χ1n) is 7.24. The summed E-state index contributed by atoms with van der Waals surface area (Å²) in [6.07, 6.45) is 2.41. The Morgan fingerprint density at radius 3 is 3.00 bits per heavy atom. The predicted molar refractivity (Wildman–Crippen MR) is 79.7 cm³/mol. The van der Waals surface area contributed by atoms with Crippen LogP contribution in [0.15, 0.2) is 35.3 Å². The normalized spacial score (nSPS) is 22.8. The van der Waals surface area contributed by atoms with E-state index >= 15 is 0 Å². The summed E-state index contributed by atoms with van der Waals surface area (Å²) in [6.45, 7) is 5.33. The number of anilines is 1. The van der Waals surface area contributed by atoms with Gasteiger partial charge in [0.25, 0.3) is 0 Å². The van der Waals surface area contributed by atoms with Gasteiger partial charge in [0, 0.05) is 38.4 Å². The third kappa shape index (κ3) is 3.19. The summed E-state index contributed by atoms with van der Waals surface area (Å²) < 4.78 is 0. The van der Waals surface area contributed by atoms with Crippen molar-refractivity contribution >= 4 is 11.6 Å². The molecule has 0 aromatic heterocycles. The van der Waals surface area contributed by atoms with Gasteiger partial charge >= 0.3 is 0 Å². The van der Waals surface area contributed by atoms with Gasteiger partial charge in [0.1, 0.15) is 0 Å². The molecule has 1 saturated heterocycles. The molecule has 102 valence electrons. The van der Waals surface area contributed by atoms with E-state index in [1.54, 1.807) is 0 Å². The highest BCUT2D eigenvalue weighted by molar-refractivity contribution is 5.80. The van der Waals surface area contributed by atoms with Crippen LogP contribution in [-0.2, 0) is 0 Å². The van der Waals surface area contributed by atoms with Gasteiger partial charge in [-0.25, -0.2) is 0 Å². The Bertz CT molecular complexity index is 429. The van der Waals surface area contributed by atoms with Crippen LogP contribution in [0.2, 0.25) is 0 Å². The van der Waals surface area contributed by atoms with Crippen molar-refractivity contribution in [1.29, 1.82) is 0 Å². The van der Waals surface area contributed by atoms with Gasteiger partial charge in [-0.2, -0.15) is 0 Å². The smallest absolute Gasteiger partial charge is 0.191 e. The van der Waals surface area contributed by atoms with Crippen molar-refractivity contribution in [2.45, 2.75) is 12.8 Å². The number of nitrogens with zero attached hydrogens (tertiary/aromatic N) is 2. The summed E-state index contributed by atoms with van der Waals surface area (Å²) in [5.74, 6) is 1.70. The lowest BCUT2D eigenvalue weighted by Gasteiger charge is -2.20. The maximum atomic E-state index is 4.45. The number of benzene rings is 1. The van der Waals surface area contributed by atoms with Crippen LogP contribution in [0.25, 0.3) is 0 Å². The molecular formula is C15H22N4. The molecule has 1 unspecified atom stereocenters. The lowest BCUT2D eigenvalue weighted by molar-refractivity contribution is 0.560. The largest absolute Gasteiger partial charge is 0.371 e. The SMILES string of the molecule is c1ccc(N2CCC(CNC3=NCCCN3)C2)cc1. The fourth-order valence-corrected chi connectivity index (χ4v) is 2.76. The minimum absolute atomic E-state index is 0.714. The van der Waals surface area contributed by atoms with Gasteiger partial charge in [-0.3, -0.25) is 4.99 Å². The summed E-state index contributed by atoms with van der Waals surface area (Å²) >= 11 is 0. The van der Waals surface area contributed by atoms with Crippen LogP contribution in [0.3, 0.4) is 0 Å². The molecule has 0 aliphatic carbocycles. The van der Waals surface area contributed by atoms with Crippen LogP contribution < -0.4 is 15.5 Å². The minimum atomic E-state index is 0.714. The van der Waals surface area contributed by atoms with Gasteiger partial charge in [0.15, 0.2) is 5.96 Å². The number of nitrogens with one attached hydrogen (secondary N) is 2. The molecule has 0 spiro atoms.